The number of carbonyl (C=O) groups is 1. The minimum atomic E-state index is -0.805. The highest BCUT2D eigenvalue weighted by atomic mass is 35.5. The minimum Gasteiger partial charge on any atom is -0.491 e. The van der Waals surface area contributed by atoms with Crippen molar-refractivity contribution in [1.82, 2.24) is 15.3 Å². The molecule has 0 bridgehead atoms. The van der Waals surface area contributed by atoms with Crippen LogP contribution in [0.4, 0.5) is 5.69 Å². The van der Waals surface area contributed by atoms with Crippen molar-refractivity contribution >= 4 is 23.2 Å². The molecular formula is C20H25ClN4O4. The van der Waals surface area contributed by atoms with Crippen molar-refractivity contribution in [3.8, 4) is 5.75 Å². The Bertz CT molecular complexity index is 995. The summed E-state index contributed by atoms with van der Waals surface area (Å²) in [6.45, 7) is 1.97. The number of anilines is 1. The zero-order valence-electron chi connectivity index (χ0n) is 16.2. The molecule has 0 radical (unpaired) electrons. The van der Waals surface area contributed by atoms with Gasteiger partial charge in [0.1, 0.15) is 23.7 Å². The second-order valence-electron chi connectivity index (χ2n) is 7.40. The lowest BCUT2D eigenvalue weighted by atomic mass is 9.84. The predicted octanol–water partition coefficient (Wildman–Crippen LogP) is 2.54. The summed E-state index contributed by atoms with van der Waals surface area (Å²) in [5, 5.41) is 3.35. The molecule has 1 unspecified atom stereocenters. The molecule has 0 spiro atoms. The summed E-state index contributed by atoms with van der Waals surface area (Å²) in [5.41, 5.74) is 4.48. The quantitative estimate of drug-likeness (QED) is 0.570. The number of hydrogen-bond donors (Lipinski definition) is 4. The number of aromatic amines is 2. The SMILES string of the molecule is CC(COc1ccc(Cl)cc1C1CCCCC1)NC(=O)c1[nH]c(=O)[nH]c(=O)c1N. The molecule has 29 heavy (non-hydrogen) atoms. The van der Waals surface area contributed by atoms with Crippen LogP contribution in [0, 0.1) is 0 Å². The number of nitrogens with two attached hydrogens (primary N) is 1. The second kappa shape index (κ2) is 9.17. The maximum absolute atomic E-state index is 12.4. The fraction of sp³-hybridized carbons (Fsp3) is 0.450. The first kappa shape index (κ1) is 21.0. The van der Waals surface area contributed by atoms with Gasteiger partial charge in [-0.05, 0) is 49.4 Å². The average molecular weight is 421 g/mol. The molecule has 9 heteroatoms. The molecule has 1 aromatic carbocycles. The van der Waals surface area contributed by atoms with Crippen LogP contribution in [0.15, 0.2) is 27.8 Å². The molecule has 0 aliphatic heterocycles. The van der Waals surface area contributed by atoms with E-state index in [1.54, 1.807) is 13.0 Å². The first-order valence-electron chi connectivity index (χ1n) is 9.70. The van der Waals surface area contributed by atoms with Gasteiger partial charge in [-0.3, -0.25) is 14.6 Å². The smallest absolute Gasteiger partial charge is 0.326 e. The lowest BCUT2D eigenvalue weighted by molar-refractivity contribution is 0.0921. The molecule has 2 aromatic rings. The van der Waals surface area contributed by atoms with Crippen molar-refractivity contribution in [3.63, 3.8) is 0 Å². The summed E-state index contributed by atoms with van der Waals surface area (Å²) in [7, 11) is 0. The van der Waals surface area contributed by atoms with Crippen molar-refractivity contribution < 1.29 is 9.53 Å². The first-order valence-corrected chi connectivity index (χ1v) is 10.1. The molecule has 8 nitrogen and oxygen atoms in total. The standard InChI is InChI=1S/C20H25ClN4O4/c1-11(23-19(27)17-16(22)18(26)25-20(28)24-17)10-29-15-8-7-13(21)9-14(15)12-5-3-2-4-6-12/h7-9,11-12H,2-6,10,22H2,1H3,(H,23,27)(H2,24,25,26,28). The minimum absolute atomic E-state index is 0.209. The Labute approximate surface area is 172 Å². The fourth-order valence-corrected chi connectivity index (χ4v) is 3.79. The van der Waals surface area contributed by atoms with E-state index in [9.17, 15) is 14.4 Å². The third-order valence-corrected chi connectivity index (χ3v) is 5.32. The number of halogens is 1. The Morgan fingerprint density at radius 2 is 2.00 bits per heavy atom. The average Bonchev–Trinajstić information content (AvgIpc) is 2.70. The molecular weight excluding hydrogens is 396 g/mol. The Morgan fingerprint density at radius 1 is 1.28 bits per heavy atom. The number of H-pyrrole nitrogens is 2. The monoisotopic (exact) mass is 420 g/mol. The van der Waals surface area contributed by atoms with Crippen LogP contribution in [-0.4, -0.2) is 28.5 Å². The molecule has 156 valence electrons. The summed E-state index contributed by atoms with van der Waals surface area (Å²) in [4.78, 5) is 39.5. The van der Waals surface area contributed by atoms with Gasteiger partial charge in [-0.25, -0.2) is 4.79 Å². The summed E-state index contributed by atoms with van der Waals surface area (Å²) >= 11 is 6.19. The van der Waals surface area contributed by atoms with Gasteiger partial charge < -0.3 is 20.8 Å². The Kier molecular flexibility index (Phi) is 6.64. The van der Waals surface area contributed by atoms with E-state index in [-0.39, 0.29) is 24.0 Å². The molecule has 1 saturated carbocycles. The van der Waals surface area contributed by atoms with Crippen LogP contribution < -0.4 is 27.0 Å². The largest absolute Gasteiger partial charge is 0.491 e. The topological polar surface area (TPSA) is 130 Å². The lowest BCUT2D eigenvalue weighted by Gasteiger charge is -2.25. The number of benzene rings is 1. The molecule has 1 heterocycles. The van der Waals surface area contributed by atoms with Gasteiger partial charge in [0, 0.05) is 5.02 Å². The zero-order valence-corrected chi connectivity index (χ0v) is 17.0. The van der Waals surface area contributed by atoms with Crippen molar-refractivity contribution in [2.75, 3.05) is 12.3 Å². The van der Waals surface area contributed by atoms with Gasteiger partial charge in [0.05, 0.1) is 6.04 Å². The highest BCUT2D eigenvalue weighted by molar-refractivity contribution is 6.30. The van der Waals surface area contributed by atoms with Crippen molar-refractivity contribution in [2.45, 2.75) is 51.0 Å². The van der Waals surface area contributed by atoms with Gasteiger partial charge in [0.25, 0.3) is 11.5 Å². The molecule has 5 N–H and O–H groups in total. The van der Waals surface area contributed by atoms with Crippen LogP contribution >= 0.6 is 11.6 Å². The Morgan fingerprint density at radius 3 is 2.72 bits per heavy atom. The third kappa shape index (κ3) is 5.20. The van der Waals surface area contributed by atoms with E-state index in [0.29, 0.717) is 10.9 Å². The number of rotatable bonds is 6. The van der Waals surface area contributed by atoms with Crippen LogP contribution in [0.3, 0.4) is 0 Å². The van der Waals surface area contributed by atoms with E-state index in [0.717, 1.165) is 24.2 Å². The highest BCUT2D eigenvalue weighted by Crippen LogP contribution is 2.38. The number of aromatic nitrogens is 2. The van der Waals surface area contributed by atoms with Gasteiger partial charge in [-0.1, -0.05) is 30.9 Å². The number of hydrogen-bond acceptors (Lipinski definition) is 5. The van der Waals surface area contributed by atoms with Crippen LogP contribution in [0.25, 0.3) is 0 Å². The fourth-order valence-electron chi connectivity index (χ4n) is 3.61. The van der Waals surface area contributed by atoms with E-state index in [1.807, 2.05) is 17.1 Å². The van der Waals surface area contributed by atoms with Gasteiger partial charge in [0.2, 0.25) is 0 Å². The van der Waals surface area contributed by atoms with E-state index in [2.05, 4.69) is 10.3 Å². The Hall–Kier alpha value is -2.74. The van der Waals surface area contributed by atoms with Gasteiger partial charge >= 0.3 is 5.69 Å². The number of ether oxygens (including phenoxy) is 1. The Balaban J connectivity index is 1.67. The maximum Gasteiger partial charge on any atom is 0.326 e. The molecule has 1 aliphatic carbocycles. The highest BCUT2D eigenvalue weighted by Gasteiger charge is 2.21. The molecule has 0 saturated heterocycles. The van der Waals surface area contributed by atoms with E-state index >= 15 is 0 Å². The molecule has 3 rings (SSSR count). The predicted molar refractivity (Wildman–Crippen MR) is 112 cm³/mol. The molecule has 1 amide bonds. The molecule has 1 atom stereocenters. The van der Waals surface area contributed by atoms with E-state index in [4.69, 9.17) is 22.1 Å². The maximum atomic E-state index is 12.4. The number of carbonyl (C=O) groups excluding carboxylic acids is 1. The van der Waals surface area contributed by atoms with Gasteiger partial charge in [-0.15, -0.1) is 0 Å². The molecule has 1 aliphatic rings. The van der Waals surface area contributed by atoms with E-state index in [1.165, 1.54) is 19.3 Å². The van der Waals surface area contributed by atoms with E-state index < -0.39 is 17.2 Å². The number of amides is 1. The van der Waals surface area contributed by atoms with Gasteiger partial charge in [-0.2, -0.15) is 0 Å². The van der Waals surface area contributed by atoms with Crippen LogP contribution in [0.1, 0.15) is 61.0 Å². The van der Waals surface area contributed by atoms with Crippen LogP contribution in [0.2, 0.25) is 5.02 Å². The summed E-state index contributed by atoms with van der Waals surface area (Å²) in [6.07, 6.45) is 5.86. The van der Waals surface area contributed by atoms with Crippen LogP contribution in [0.5, 0.6) is 5.75 Å². The molecule has 1 aromatic heterocycles. The summed E-state index contributed by atoms with van der Waals surface area (Å²) in [6, 6.07) is 5.21. The normalized spacial score (nSPS) is 15.7. The first-order chi connectivity index (χ1) is 13.8. The third-order valence-electron chi connectivity index (χ3n) is 5.09. The summed E-state index contributed by atoms with van der Waals surface area (Å²) in [5.74, 6) is 0.528. The molecule has 1 fully saturated rings. The van der Waals surface area contributed by atoms with Crippen LogP contribution in [-0.2, 0) is 0 Å². The van der Waals surface area contributed by atoms with Crippen molar-refractivity contribution in [3.05, 3.63) is 55.3 Å². The second-order valence-corrected chi connectivity index (χ2v) is 7.84. The number of nitrogens with one attached hydrogen (secondary N) is 3. The van der Waals surface area contributed by atoms with Crippen molar-refractivity contribution in [2.24, 2.45) is 0 Å². The number of nitrogen functional groups attached to an aromatic ring is 1. The lowest BCUT2D eigenvalue weighted by Crippen LogP contribution is -2.40. The van der Waals surface area contributed by atoms with Gasteiger partial charge in [0.15, 0.2) is 0 Å². The zero-order chi connectivity index (χ0) is 21.0. The summed E-state index contributed by atoms with van der Waals surface area (Å²) < 4.78 is 5.98. The van der Waals surface area contributed by atoms with Crippen molar-refractivity contribution in [1.29, 1.82) is 0 Å².